The summed E-state index contributed by atoms with van der Waals surface area (Å²) in [6.07, 6.45) is 7.27. The van der Waals surface area contributed by atoms with E-state index >= 15 is 0 Å². The Bertz CT molecular complexity index is 393. The number of amides is 1. The van der Waals surface area contributed by atoms with Crippen LogP contribution in [-0.2, 0) is 14.3 Å². The molecule has 1 N–H and O–H groups in total. The van der Waals surface area contributed by atoms with Crippen molar-refractivity contribution >= 4 is 11.9 Å². The van der Waals surface area contributed by atoms with Crippen molar-refractivity contribution in [2.45, 2.75) is 57.0 Å². The van der Waals surface area contributed by atoms with Crippen LogP contribution in [0.15, 0.2) is 0 Å². The van der Waals surface area contributed by atoms with Gasteiger partial charge in [-0.15, -0.1) is 0 Å². The molecule has 3 aliphatic rings. The van der Waals surface area contributed by atoms with Crippen molar-refractivity contribution in [3.8, 4) is 0 Å². The van der Waals surface area contributed by atoms with E-state index in [2.05, 4.69) is 0 Å². The highest BCUT2D eigenvalue weighted by atomic mass is 16.5. The van der Waals surface area contributed by atoms with Gasteiger partial charge in [-0.05, 0) is 43.9 Å². The van der Waals surface area contributed by atoms with Crippen molar-refractivity contribution in [2.24, 2.45) is 11.8 Å². The molecule has 0 bridgehead atoms. The second-order valence-corrected chi connectivity index (χ2v) is 6.46. The Morgan fingerprint density at radius 1 is 1.15 bits per heavy atom. The van der Waals surface area contributed by atoms with Crippen molar-refractivity contribution in [2.75, 3.05) is 13.2 Å². The van der Waals surface area contributed by atoms with E-state index in [1.165, 1.54) is 12.8 Å². The standard InChI is InChI=1S/C15H23NO4/c17-14(9-20-8-10-5-6-10)16-12-4-2-1-3-11(12)7-13(16)15(18)19/h10-13H,1-9H2,(H,18,19)/t11-,12-,13-/m0/s1. The zero-order valence-electron chi connectivity index (χ0n) is 11.8. The number of hydrogen-bond acceptors (Lipinski definition) is 3. The van der Waals surface area contributed by atoms with E-state index in [9.17, 15) is 14.7 Å². The molecule has 0 aromatic heterocycles. The van der Waals surface area contributed by atoms with E-state index in [1.807, 2.05) is 0 Å². The highest BCUT2D eigenvalue weighted by Crippen LogP contribution is 2.39. The van der Waals surface area contributed by atoms with E-state index < -0.39 is 12.0 Å². The fourth-order valence-electron chi connectivity index (χ4n) is 3.71. The molecular formula is C15H23NO4. The molecule has 1 saturated heterocycles. The number of nitrogens with zero attached hydrogens (tertiary/aromatic N) is 1. The van der Waals surface area contributed by atoms with Gasteiger partial charge in [0.25, 0.3) is 0 Å². The van der Waals surface area contributed by atoms with Crippen molar-refractivity contribution in [1.82, 2.24) is 4.90 Å². The third-order valence-corrected chi connectivity index (χ3v) is 4.94. The SMILES string of the molecule is O=C(O)[C@@H]1C[C@@H]2CCCC[C@@H]2N1C(=O)COCC1CC1. The van der Waals surface area contributed by atoms with Gasteiger partial charge >= 0.3 is 5.97 Å². The lowest BCUT2D eigenvalue weighted by Crippen LogP contribution is -2.47. The van der Waals surface area contributed by atoms with Crippen LogP contribution in [-0.4, -0.2) is 47.2 Å². The number of carboxylic acids is 1. The third kappa shape index (κ3) is 2.82. The van der Waals surface area contributed by atoms with E-state index in [1.54, 1.807) is 4.90 Å². The molecule has 112 valence electrons. The molecule has 0 spiro atoms. The van der Waals surface area contributed by atoms with Gasteiger partial charge in [0.1, 0.15) is 12.6 Å². The molecule has 2 saturated carbocycles. The molecule has 20 heavy (non-hydrogen) atoms. The van der Waals surface area contributed by atoms with Crippen LogP contribution in [0.25, 0.3) is 0 Å². The average molecular weight is 281 g/mol. The average Bonchev–Trinajstić information content (AvgIpc) is 3.16. The highest BCUT2D eigenvalue weighted by molar-refractivity contribution is 5.85. The first-order chi connectivity index (χ1) is 9.66. The first-order valence-electron chi connectivity index (χ1n) is 7.78. The maximum absolute atomic E-state index is 12.4. The number of ether oxygens (including phenoxy) is 1. The molecule has 3 atom stereocenters. The predicted molar refractivity (Wildman–Crippen MR) is 72.2 cm³/mol. The Morgan fingerprint density at radius 2 is 1.90 bits per heavy atom. The van der Waals surface area contributed by atoms with Gasteiger partial charge in [0.05, 0.1) is 6.61 Å². The molecule has 0 radical (unpaired) electrons. The van der Waals surface area contributed by atoms with Gasteiger partial charge in [-0.25, -0.2) is 4.79 Å². The first-order valence-corrected chi connectivity index (χ1v) is 7.78. The molecule has 1 heterocycles. The first kappa shape index (κ1) is 13.9. The minimum atomic E-state index is -0.866. The van der Waals surface area contributed by atoms with Crippen LogP contribution in [0.1, 0.15) is 44.9 Å². The summed E-state index contributed by atoms with van der Waals surface area (Å²) < 4.78 is 5.46. The summed E-state index contributed by atoms with van der Waals surface area (Å²) in [5, 5.41) is 9.37. The Morgan fingerprint density at radius 3 is 2.60 bits per heavy atom. The monoisotopic (exact) mass is 281 g/mol. The van der Waals surface area contributed by atoms with Gasteiger partial charge in [0, 0.05) is 6.04 Å². The van der Waals surface area contributed by atoms with Gasteiger partial charge in [0.15, 0.2) is 0 Å². The van der Waals surface area contributed by atoms with Gasteiger partial charge in [-0.2, -0.15) is 0 Å². The quantitative estimate of drug-likeness (QED) is 0.832. The smallest absolute Gasteiger partial charge is 0.326 e. The Kier molecular flexibility index (Phi) is 3.96. The molecule has 1 amide bonds. The second kappa shape index (κ2) is 5.72. The van der Waals surface area contributed by atoms with Crippen molar-refractivity contribution in [3.05, 3.63) is 0 Å². The van der Waals surface area contributed by atoms with Gasteiger partial charge in [-0.1, -0.05) is 12.8 Å². The van der Waals surface area contributed by atoms with Crippen LogP contribution >= 0.6 is 0 Å². The van der Waals surface area contributed by atoms with E-state index in [0.29, 0.717) is 24.9 Å². The predicted octanol–water partition coefficient (Wildman–Crippen LogP) is 1.66. The molecule has 0 aromatic carbocycles. The summed E-state index contributed by atoms with van der Waals surface area (Å²) in [7, 11) is 0. The summed E-state index contributed by atoms with van der Waals surface area (Å²) in [4.78, 5) is 25.4. The summed E-state index contributed by atoms with van der Waals surface area (Å²) in [5.74, 6) is -0.00120. The Labute approximate surface area is 119 Å². The number of likely N-dealkylation sites (tertiary alicyclic amines) is 1. The molecule has 5 heteroatoms. The molecule has 0 aromatic rings. The third-order valence-electron chi connectivity index (χ3n) is 4.94. The second-order valence-electron chi connectivity index (χ2n) is 6.46. The lowest BCUT2D eigenvalue weighted by Gasteiger charge is -2.32. The summed E-state index contributed by atoms with van der Waals surface area (Å²) in [6.45, 7) is 0.689. The topological polar surface area (TPSA) is 66.8 Å². The number of hydrogen-bond donors (Lipinski definition) is 1. The van der Waals surface area contributed by atoms with Crippen LogP contribution in [0.3, 0.4) is 0 Å². The van der Waals surface area contributed by atoms with Crippen LogP contribution < -0.4 is 0 Å². The normalized spacial score (nSPS) is 33.0. The molecule has 3 rings (SSSR count). The maximum Gasteiger partial charge on any atom is 0.326 e. The fraction of sp³-hybridized carbons (Fsp3) is 0.867. The van der Waals surface area contributed by atoms with Gasteiger partial charge in [0.2, 0.25) is 5.91 Å². The summed E-state index contributed by atoms with van der Waals surface area (Å²) >= 11 is 0. The number of fused-ring (bicyclic) bond motifs is 1. The van der Waals surface area contributed by atoms with Crippen LogP contribution in [0.4, 0.5) is 0 Å². The van der Waals surface area contributed by atoms with Crippen molar-refractivity contribution < 1.29 is 19.4 Å². The number of carboxylic acid groups (broad SMARTS) is 1. The maximum atomic E-state index is 12.4. The molecule has 2 aliphatic carbocycles. The van der Waals surface area contributed by atoms with Crippen LogP contribution in [0.2, 0.25) is 0 Å². The highest BCUT2D eigenvalue weighted by Gasteiger charge is 2.47. The lowest BCUT2D eigenvalue weighted by atomic mass is 9.85. The van der Waals surface area contributed by atoms with E-state index in [4.69, 9.17) is 4.74 Å². The molecular weight excluding hydrogens is 258 g/mol. The number of aliphatic carboxylic acids is 1. The Hall–Kier alpha value is -1.10. The summed E-state index contributed by atoms with van der Waals surface area (Å²) in [5.41, 5.74) is 0. The molecule has 5 nitrogen and oxygen atoms in total. The number of carbonyl (C=O) groups is 2. The van der Waals surface area contributed by atoms with E-state index in [-0.39, 0.29) is 18.6 Å². The van der Waals surface area contributed by atoms with Crippen molar-refractivity contribution in [3.63, 3.8) is 0 Å². The fourth-order valence-corrected chi connectivity index (χ4v) is 3.71. The summed E-state index contributed by atoms with van der Waals surface area (Å²) in [6, 6.07) is -0.512. The van der Waals surface area contributed by atoms with Crippen LogP contribution in [0, 0.1) is 11.8 Å². The minimum absolute atomic E-state index is 0.0451. The largest absolute Gasteiger partial charge is 0.480 e. The Balaban J connectivity index is 1.62. The number of rotatable bonds is 5. The molecule has 3 fully saturated rings. The zero-order chi connectivity index (χ0) is 14.1. The zero-order valence-corrected chi connectivity index (χ0v) is 11.8. The van der Waals surface area contributed by atoms with Crippen LogP contribution in [0.5, 0.6) is 0 Å². The van der Waals surface area contributed by atoms with Crippen molar-refractivity contribution in [1.29, 1.82) is 0 Å². The van der Waals surface area contributed by atoms with Gasteiger partial charge < -0.3 is 14.7 Å². The molecule has 1 aliphatic heterocycles. The van der Waals surface area contributed by atoms with E-state index in [0.717, 1.165) is 25.7 Å². The van der Waals surface area contributed by atoms with Gasteiger partial charge in [-0.3, -0.25) is 4.79 Å². The molecule has 0 unspecified atom stereocenters. The number of carbonyl (C=O) groups excluding carboxylic acids is 1. The lowest BCUT2D eigenvalue weighted by molar-refractivity contribution is -0.152. The minimum Gasteiger partial charge on any atom is -0.480 e.